The third kappa shape index (κ3) is 5.89. The quantitative estimate of drug-likeness (QED) is 0.141. The highest BCUT2D eigenvalue weighted by molar-refractivity contribution is 6.88. The smallest absolute Gasteiger partial charge is 0.0775 e. The number of anilines is 6. The van der Waals surface area contributed by atoms with Crippen LogP contribution in [0.25, 0.3) is 33.0 Å². The number of nitrogens with zero attached hydrogens (tertiary/aromatic N) is 2. The van der Waals surface area contributed by atoms with Crippen molar-refractivity contribution in [2.75, 3.05) is 9.80 Å². The Bertz CT molecular complexity index is 3090. The number of fused-ring (bicyclic) bond motifs is 12. The predicted octanol–water partition coefficient (Wildman–Crippen LogP) is 14.4. The first-order valence-electron chi connectivity index (χ1n) is 22.0. The van der Waals surface area contributed by atoms with E-state index < -0.39 is 22.3 Å². The molecule has 9 aromatic carbocycles. The van der Waals surface area contributed by atoms with Crippen molar-refractivity contribution in [2.24, 2.45) is 0 Å². The Labute approximate surface area is 369 Å². The molecule has 4 heteroatoms. The van der Waals surface area contributed by atoms with Crippen LogP contribution in [0.2, 0.25) is 32.7 Å². The maximum absolute atomic E-state index is 2.55. The van der Waals surface area contributed by atoms with Gasteiger partial charge in [-0.2, -0.15) is 0 Å². The summed E-state index contributed by atoms with van der Waals surface area (Å²) in [5, 5.41) is 5.43. The van der Waals surface area contributed by atoms with Gasteiger partial charge in [-0.1, -0.05) is 183 Å². The molecule has 2 aliphatic rings. The number of hydrogen-bond acceptors (Lipinski definition) is 2. The van der Waals surface area contributed by atoms with Gasteiger partial charge in [-0.3, -0.25) is 0 Å². The zero-order valence-corrected chi connectivity index (χ0v) is 38.3. The van der Waals surface area contributed by atoms with Gasteiger partial charge in [-0.15, -0.1) is 0 Å². The Hall–Kier alpha value is -6.73. The molecule has 62 heavy (non-hydrogen) atoms. The van der Waals surface area contributed by atoms with Gasteiger partial charge in [0.15, 0.2) is 0 Å². The topological polar surface area (TPSA) is 6.48 Å². The maximum atomic E-state index is 2.55. The Balaban J connectivity index is 1.23. The molecule has 300 valence electrons. The van der Waals surface area contributed by atoms with Crippen molar-refractivity contribution < 1.29 is 0 Å². The fourth-order valence-electron chi connectivity index (χ4n) is 10.4. The Kier molecular flexibility index (Phi) is 9.08. The van der Waals surface area contributed by atoms with Crippen LogP contribution in [0.15, 0.2) is 206 Å². The van der Waals surface area contributed by atoms with Gasteiger partial charge in [0.25, 0.3) is 0 Å². The van der Waals surface area contributed by atoms with Crippen molar-refractivity contribution in [1.29, 1.82) is 0 Å². The van der Waals surface area contributed by atoms with Crippen LogP contribution in [0.3, 0.4) is 0 Å². The van der Waals surface area contributed by atoms with E-state index in [1.807, 2.05) is 0 Å². The minimum atomic E-state index is -1.52. The number of para-hydroxylation sites is 2. The van der Waals surface area contributed by atoms with Gasteiger partial charge in [0.2, 0.25) is 0 Å². The van der Waals surface area contributed by atoms with E-state index in [1.54, 1.807) is 0 Å². The molecule has 0 N–H and O–H groups in total. The van der Waals surface area contributed by atoms with E-state index in [-0.39, 0.29) is 0 Å². The standard InChI is InChI=1S/C58H50N2Si2/c1-61(2)45-33-28-42(29-34-45)59(40-18-8-6-9-19-40)44-32-37-51-54(38-44)58(52-26-16-14-22-47(52)48-23-15-17-27-53(48)58)55-39-56(49-24-12-13-25-50(49)57(51)55)60(41-20-10-7-11-21-41)43-30-35-46(36-31-43)62(3,4)5/h6-39,61H,1-5H3. The van der Waals surface area contributed by atoms with Crippen molar-refractivity contribution in [3.63, 3.8) is 0 Å². The lowest BCUT2D eigenvalue weighted by molar-refractivity contribution is 0.794. The average molecular weight is 831 g/mol. The van der Waals surface area contributed by atoms with Crippen LogP contribution in [0.4, 0.5) is 34.1 Å². The molecule has 9 aromatic rings. The van der Waals surface area contributed by atoms with Crippen molar-refractivity contribution in [2.45, 2.75) is 38.2 Å². The summed E-state index contributed by atoms with van der Waals surface area (Å²) in [6.45, 7) is 12.1. The molecule has 11 rings (SSSR count). The van der Waals surface area contributed by atoms with Crippen molar-refractivity contribution >= 4 is 72.1 Å². The zero-order valence-electron chi connectivity index (χ0n) is 36.1. The lowest BCUT2D eigenvalue weighted by atomic mass is 9.70. The number of rotatable bonds is 8. The highest BCUT2D eigenvalue weighted by atomic mass is 28.3. The summed E-state index contributed by atoms with van der Waals surface area (Å²) in [6.07, 6.45) is 0. The van der Waals surface area contributed by atoms with Gasteiger partial charge >= 0.3 is 0 Å². The summed E-state index contributed by atoms with van der Waals surface area (Å²) < 4.78 is 0. The van der Waals surface area contributed by atoms with Crippen LogP contribution in [0, 0.1) is 0 Å². The summed E-state index contributed by atoms with van der Waals surface area (Å²) in [6, 6.07) is 77.9. The Morgan fingerprint density at radius 3 is 1.47 bits per heavy atom. The van der Waals surface area contributed by atoms with E-state index >= 15 is 0 Å². The lowest BCUT2D eigenvalue weighted by Gasteiger charge is -2.34. The number of hydrogen-bond donors (Lipinski definition) is 0. The maximum Gasteiger partial charge on any atom is 0.0775 e. The molecule has 0 fully saturated rings. The molecule has 0 unspecified atom stereocenters. The second-order valence-corrected chi connectivity index (χ2v) is 26.4. The first-order valence-corrected chi connectivity index (χ1v) is 28.4. The van der Waals surface area contributed by atoms with Crippen molar-refractivity contribution in [3.05, 3.63) is 229 Å². The first-order chi connectivity index (χ1) is 30.2. The third-order valence-corrected chi connectivity index (χ3v) is 17.2. The average Bonchev–Trinajstić information content (AvgIpc) is 3.77. The minimum absolute atomic E-state index is 0.563. The van der Waals surface area contributed by atoms with Crippen LogP contribution in [0.5, 0.6) is 0 Å². The molecule has 2 nitrogen and oxygen atoms in total. The Morgan fingerprint density at radius 2 is 0.871 bits per heavy atom. The van der Waals surface area contributed by atoms with Crippen LogP contribution in [0.1, 0.15) is 22.3 Å². The lowest BCUT2D eigenvalue weighted by Crippen LogP contribution is -2.37. The molecule has 2 aliphatic carbocycles. The molecule has 0 amide bonds. The van der Waals surface area contributed by atoms with E-state index in [0.29, 0.717) is 0 Å². The molecule has 0 aromatic heterocycles. The van der Waals surface area contributed by atoms with Crippen LogP contribution in [-0.4, -0.2) is 16.9 Å². The van der Waals surface area contributed by atoms with E-state index in [1.165, 1.54) is 71.3 Å². The largest absolute Gasteiger partial charge is 0.310 e. The molecule has 0 saturated carbocycles. The summed E-state index contributed by atoms with van der Waals surface area (Å²) in [5.41, 5.74) is 16.9. The zero-order chi connectivity index (χ0) is 42.2. The third-order valence-electron chi connectivity index (χ3n) is 13.4. The summed E-state index contributed by atoms with van der Waals surface area (Å²) >= 11 is 0. The molecule has 0 atom stereocenters. The summed E-state index contributed by atoms with van der Waals surface area (Å²) in [4.78, 5) is 4.94. The monoisotopic (exact) mass is 830 g/mol. The Morgan fingerprint density at radius 1 is 0.387 bits per heavy atom. The molecule has 0 saturated heterocycles. The molecule has 0 radical (unpaired) electrons. The molecule has 1 spiro atoms. The first kappa shape index (κ1) is 38.2. The number of benzene rings is 9. The predicted molar refractivity (Wildman–Crippen MR) is 271 cm³/mol. The second kappa shape index (κ2) is 14.7. The molecular weight excluding hydrogens is 781 g/mol. The van der Waals surface area contributed by atoms with Gasteiger partial charge in [0.1, 0.15) is 0 Å². The minimum Gasteiger partial charge on any atom is -0.310 e. The van der Waals surface area contributed by atoms with Crippen LogP contribution < -0.4 is 20.2 Å². The van der Waals surface area contributed by atoms with Gasteiger partial charge in [-0.05, 0) is 117 Å². The van der Waals surface area contributed by atoms with Crippen LogP contribution >= 0.6 is 0 Å². The second-order valence-electron chi connectivity index (χ2n) is 18.3. The van der Waals surface area contributed by atoms with Crippen LogP contribution in [-0.2, 0) is 5.41 Å². The van der Waals surface area contributed by atoms with Gasteiger partial charge in [0.05, 0.1) is 28.0 Å². The van der Waals surface area contributed by atoms with E-state index in [0.717, 1.165) is 28.4 Å². The highest BCUT2D eigenvalue weighted by Crippen LogP contribution is 2.65. The highest BCUT2D eigenvalue weighted by Gasteiger charge is 2.52. The fourth-order valence-corrected chi connectivity index (χ4v) is 12.6. The van der Waals surface area contributed by atoms with E-state index in [2.05, 4.69) is 249 Å². The van der Waals surface area contributed by atoms with Gasteiger partial charge in [-0.25, -0.2) is 0 Å². The van der Waals surface area contributed by atoms with Gasteiger partial charge in [0, 0.05) is 33.8 Å². The molecule has 0 heterocycles. The molecular formula is C58H50N2Si2. The van der Waals surface area contributed by atoms with Crippen molar-refractivity contribution in [3.8, 4) is 22.3 Å². The normalized spacial score (nSPS) is 13.2. The van der Waals surface area contributed by atoms with Gasteiger partial charge < -0.3 is 9.80 Å². The summed E-state index contributed by atoms with van der Waals surface area (Å²) in [5.74, 6) is 0. The molecule has 0 bridgehead atoms. The van der Waals surface area contributed by atoms with E-state index in [9.17, 15) is 0 Å². The fraction of sp³-hybridized carbons (Fsp3) is 0.103. The SMILES string of the molecule is C[SiH](C)c1ccc(N(c2ccccc2)c2ccc3c(c2)C2(c4ccccc4-c4ccccc42)c2cc(N(c4ccccc4)c4ccc([Si](C)(C)C)cc4)c4ccccc4c2-3)cc1. The summed E-state index contributed by atoms with van der Waals surface area (Å²) in [7, 11) is -2.48. The van der Waals surface area contributed by atoms with Crippen molar-refractivity contribution in [1.82, 2.24) is 0 Å². The molecule has 0 aliphatic heterocycles. The van der Waals surface area contributed by atoms with E-state index in [4.69, 9.17) is 0 Å².